The van der Waals surface area contributed by atoms with Gasteiger partial charge >= 0.3 is 0 Å². The molecule has 1 aromatic heterocycles. The molecular formula is C71H47NS. The number of fused-ring (bicyclic) bond motifs is 7. The molecule has 13 aromatic rings. The van der Waals surface area contributed by atoms with Gasteiger partial charge in [-0.2, -0.15) is 0 Å². The molecule has 1 unspecified atom stereocenters. The minimum Gasteiger partial charge on any atom is -0.311 e. The van der Waals surface area contributed by atoms with Crippen LogP contribution in [0.4, 0.5) is 17.1 Å². The third-order valence-corrected chi connectivity index (χ3v) is 16.4. The monoisotopic (exact) mass is 945 g/mol. The summed E-state index contributed by atoms with van der Waals surface area (Å²) in [6, 6.07) is 105. The summed E-state index contributed by atoms with van der Waals surface area (Å²) >= 11 is 1.88. The molecule has 0 bridgehead atoms. The first-order valence-corrected chi connectivity index (χ1v) is 26.0. The Kier molecular flexibility index (Phi) is 10.3. The molecular weight excluding hydrogens is 899 g/mol. The molecule has 1 aliphatic carbocycles. The lowest BCUT2D eigenvalue weighted by Gasteiger charge is -2.34. The van der Waals surface area contributed by atoms with Gasteiger partial charge in [-0.15, -0.1) is 11.3 Å². The normalized spacial score (nSPS) is 13.8. The van der Waals surface area contributed by atoms with Gasteiger partial charge < -0.3 is 4.90 Å². The molecule has 73 heavy (non-hydrogen) atoms. The quantitative estimate of drug-likeness (QED) is 0.139. The van der Waals surface area contributed by atoms with Crippen LogP contribution in [-0.4, -0.2) is 0 Å². The molecule has 0 spiro atoms. The van der Waals surface area contributed by atoms with Crippen LogP contribution in [0.2, 0.25) is 0 Å². The molecule has 14 rings (SSSR count). The highest BCUT2D eigenvalue weighted by atomic mass is 32.1. The fourth-order valence-corrected chi connectivity index (χ4v) is 13.0. The molecule has 0 saturated carbocycles. The number of hydrogen-bond donors (Lipinski definition) is 0. The van der Waals surface area contributed by atoms with Gasteiger partial charge in [-0.05, 0) is 137 Å². The zero-order valence-corrected chi connectivity index (χ0v) is 40.8. The van der Waals surface area contributed by atoms with Crippen LogP contribution in [0, 0.1) is 0 Å². The van der Waals surface area contributed by atoms with Crippen molar-refractivity contribution in [1.82, 2.24) is 0 Å². The van der Waals surface area contributed by atoms with E-state index in [1.807, 2.05) is 11.3 Å². The van der Waals surface area contributed by atoms with Crippen LogP contribution in [0.5, 0.6) is 0 Å². The van der Waals surface area contributed by atoms with Crippen LogP contribution < -0.4 is 4.90 Å². The second kappa shape index (κ2) is 17.6. The Morgan fingerprint density at radius 2 is 0.740 bits per heavy atom. The largest absolute Gasteiger partial charge is 0.311 e. The van der Waals surface area contributed by atoms with Gasteiger partial charge in [-0.1, -0.05) is 237 Å². The minimum absolute atomic E-state index is 0.497. The van der Waals surface area contributed by atoms with E-state index in [2.05, 4.69) is 290 Å². The van der Waals surface area contributed by atoms with Crippen molar-refractivity contribution in [2.75, 3.05) is 4.90 Å². The Labute approximate surface area is 430 Å². The molecule has 12 aromatic carbocycles. The maximum absolute atomic E-state index is 2.42. The van der Waals surface area contributed by atoms with Crippen molar-refractivity contribution in [3.05, 3.63) is 307 Å². The maximum atomic E-state index is 2.42. The molecule has 1 nitrogen and oxygen atoms in total. The van der Waals surface area contributed by atoms with Gasteiger partial charge in [-0.3, -0.25) is 0 Å². The van der Waals surface area contributed by atoms with Crippen LogP contribution in [0.25, 0.3) is 86.6 Å². The van der Waals surface area contributed by atoms with Crippen LogP contribution in [-0.2, 0) is 5.41 Å². The van der Waals surface area contributed by atoms with Crippen molar-refractivity contribution in [2.24, 2.45) is 0 Å². The van der Waals surface area contributed by atoms with E-state index in [0.29, 0.717) is 0 Å². The third kappa shape index (κ3) is 7.13. The Hall–Kier alpha value is -9.08. The number of hydrogen-bond acceptors (Lipinski definition) is 2. The topological polar surface area (TPSA) is 3.24 Å². The fourth-order valence-electron chi connectivity index (χ4n) is 11.8. The number of rotatable bonds is 9. The summed E-state index contributed by atoms with van der Waals surface area (Å²) in [5.74, 6) is 0. The Morgan fingerprint density at radius 1 is 0.274 bits per heavy atom. The van der Waals surface area contributed by atoms with E-state index in [0.717, 1.165) is 17.1 Å². The van der Waals surface area contributed by atoms with Crippen molar-refractivity contribution in [1.29, 1.82) is 0 Å². The zero-order valence-electron chi connectivity index (χ0n) is 40.0. The highest BCUT2D eigenvalue weighted by Gasteiger charge is 2.46. The number of benzene rings is 12. The lowest BCUT2D eigenvalue weighted by molar-refractivity contribution is 0.768. The average Bonchev–Trinajstić information content (AvgIpc) is 4.00. The molecule has 0 fully saturated rings. The van der Waals surface area contributed by atoms with E-state index >= 15 is 0 Å². The van der Waals surface area contributed by atoms with E-state index < -0.39 is 5.41 Å². The first-order valence-electron chi connectivity index (χ1n) is 25.1. The zero-order chi connectivity index (χ0) is 48.3. The van der Waals surface area contributed by atoms with Crippen LogP contribution in [0.3, 0.4) is 0 Å². The van der Waals surface area contributed by atoms with Gasteiger partial charge in [-0.25, -0.2) is 0 Å². The second-order valence-corrected chi connectivity index (χ2v) is 20.2. The minimum atomic E-state index is -0.497. The lowest BCUT2D eigenvalue weighted by atomic mass is 9.67. The highest BCUT2D eigenvalue weighted by molar-refractivity contribution is 7.26. The van der Waals surface area contributed by atoms with Crippen LogP contribution >= 0.6 is 11.3 Å². The van der Waals surface area contributed by atoms with E-state index in [1.165, 1.54) is 109 Å². The maximum Gasteiger partial charge on any atom is 0.0713 e. The summed E-state index contributed by atoms with van der Waals surface area (Å²) < 4.78 is 2.65. The molecule has 0 N–H and O–H groups in total. The first kappa shape index (κ1) is 42.8. The average molecular weight is 946 g/mol. The van der Waals surface area contributed by atoms with Crippen molar-refractivity contribution < 1.29 is 0 Å². The van der Waals surface area contributed by atoms with E-state index in [-0.39, 0.29) is 0 Å². The number of thiophene rings is 1. The fraction of sp³-hybridized carbons (Fsp3) is 0.0141. The molecule has 1 atom stereocenters. The van der Waals surface area contributed by atoms with Gasteiger partial charge in [0, 0.05) is 37.2 Å². The Bertz CT molecular complexity index is 4150. The first-order chi connectivity index (χ1) is 36.2. The molecule has 2 heteroatoms. The molecule has 0 radical (unpaired) electrons. The van der Waals surface area contributed by atoms with Crippen molar-refractivity contribution in [2.45, 2.75) is 5.41 Å². The van der Waals surface area contributed by atoms with Crippen molar-refractivity contribution in [3.8, 4) is 55.6 Å². The van der Waals surface area contributed by atoms with Gasteiger partial charge in [0.05, 0.1) is 5.41 Å². The summed E-state index contributed by atoms with van der Waals surface area (Å²) in [6.07, 6.45) is 0. The van der Waals surface area contributed by atoms with Gasteiger partial charge in [0.25, 0.3) is 0 Å². The standard InChI is InChI=1S/C71H47NS/c1-3-15-48(16-4-1)49-31-40-57(41-32-49)72(59-44-35-53(36-45-59)62-25-14-26-65-64-23-10-12-28-69(64)73-70(62)65)58-42-33-50(34-43-58)54-37-46-68-66(47-54)63-22-9-11-27-67(63)71(68,55-19-5-2-6-20-55)56-38-29-52(30-39-56)61-24-13-18-51-17-7-8-21-60(51)61/h1-47H. The van der Waals surface area contributed by atoms with Crippen molar-refractivity contribution >= 4 is 59.3 Å². The number of nitrogens with zero attached hydrogens (tertiary/aromatic N) is 1. The van der Waals surface area contributed by atoms with Gasteiger partial charge in [0.2, 0.25) is 0 Å². The van der Waals surface area contributed by atoms with E-state index in [9.17, 15) is 0 Å². The highest BCUT2D eigenvalue weighted by Crippen LogP contribution is 2.57. The van der Waals surface area contributed by atoms with Gasteiger partial charge in [0.1, 0.15) is 0 Å². The molecule has 1 aliphatic rings. The summed E-state index contributed by atoms with van der Waals surface area (Å²) in [4.78, 5) is 2.38. The summed E-state index contributed by atoms with van der Waals surface area (Å²) in [7, 11) is 0. The smallest absolute Gasteiger partial charge is 0.0713 e. The molecule has 0 saturated heterocycles. The Morgan fingerprint density at radius 3 is 1.48 bits per heavy atom. The predicted molar refractivity (Wildman–Crippen MR) is 311 cm³/mol. The summed E-state index contributed by atoms with van der Waals surface area (Å²) in [5.41, 5.74) is 20.2. The molecule has 1 heterocycles. The van der Waals surface area contributed by atoms with E-state index in [4.69, 9.17) is 0 Å². The van der Waals surface area contributed by atoms with Gasteiger partial charge in [0.15, 0.2) is 0 Å². The summed E-state index contributed by atoms with van der Waals surface area (Å²) in [5, 5.41) is 5.15. The summed E-state index contributed by atoms with van der Waals surface area (Å²) in [6.45, 7) is 0. The molecule has 0 aliphatic heterocycles. The van der Waals surface area contributed by atoms with Crippen LogP contribution in [0.1, 0.15) is 22.3 Å². The molecule has 342 valence electrons. The number of anilines is 3. The second-order valence-electron chi connectivity index (χ2n) is 19.1. The SMILES string of the molecule is c1ccc(-c2ccc(N(c3ccc(-c4ccc5c(c4)-c4ccccc4C5(c4ccccc4)c4ccc(-c5cccc6ccccc56)cc4)cc3)c3ccc(-c4cccc5c4sc4ccccc45)cc3)cc2)cc1. The molecule has 0 amide bonds. The predicted octanol–water partition coefficient (Wildman–Crippen LogP) is 19.7. The van der Waals surface area contributed by atoms with E-state index in [1.54, 1.807) is 0 Å². The van der Waals surface area contributed by atoms with Crippen molar-refractivity contribution in [3.63, 3.8) is 0 Å². The third-order valence-electron chi connectivity index (χ3n) is 15.2. The van der Waals surface area contributed by atoms with Crippen LogP contribution in [0.15, 0.2) is 285 Å². The lowest BCUT2D eigenvalue weighted by Crippen LogP contribution is -2.28. The Balaban J connectivity index is 0.845.